The predicted molar refractivity (Wildman–Crippen MR) is 125 cm³/mol. The molecule has 0 saturated heterocycles. The van der Waals surface area contributed by atoms with E-state index in [9.17, 15) is 4.79 Å². The van der Waals surface area contributed by atoms with E-state index in [1.54, 1.807) is 43.4 Å². The third-order valence-electron chi connectivity index (χ3n) is 5.12. The molecule has 0 bridgehead atoms. The van der Waals surface area contributed by atoms with Gasteiger partial charge in [-0.1, -0.05) is 30.3 Å². The van der Waals surface area contributed by atoms with Gasteiger partial charge in [0.2, 0.25) is 0 Å². The molecular formula is C24H24N4O3S. The molecule has 164 valence electrons. The van der Waals surface area contributed by atoms with Gasteiger partial charge in [0.15, 0.2) is 0 Å². The topological polar surface area (TPSA) is 78.3 Å². The SMILES string of the molecule is COc1ccc(OC)c(-c2cc(C(=O)NCc3sc(-c4ccccc4)nc3C)n(C)n2)c1. The van der Waals surface area contributed by atoms with E-state index >= 15 is 0 Å². The van der Waals surface area contributed by atoms with E-state index in [1.165, 1.54) is 0 Å². The van der Waals surface area contributed by atoms with Gasteiger partial charge in [0.25, 0.3) is 5.91 Å². The van der Waals surface area contributed by atoms with Crippen LogP contribution in [0.15, 0.2) is 54.6 Å². The smallest absolute Gasteiger partial charge is 0.269 e. The summed E-state index contributed by atoms with van der Waals surface area (Å²) in [7, 11) is 4.95. The average molecular weight is 449 g/mol. The van der Waals surface area contributed by atoms with Crippen LogP contribution in [0.5, 0.6) is 11.5 Å². The molecule has 2 aromatic heterocycles. The lowest BCUT2D eigenvalue weighted by Gasteiger charge is -2.08. The third-order valence-corrected chi connectivity index (χ3v) is 6.32. The fraction of sp³-hybridized carbons (Fsp3) is 0.208. The number of carbonyl (C=O) groups excluding carboxylic acids is 1. The van der Waals surface area contributed by atoms with E-state index < -0.39 is 0 Å². The monoisotopic (exact) mass is 448 g/mol. The van der Waals surface area contributed by atoms with Gasteiger partial charge in [0.05, 0.1) is 32.2 Å². The van der Waals surface area contributed by atoms with Gasteiger partial charge in [-0.05, 0) is 31.2 Å². The Morgan fingerprint density at radius 1 is 1.09 bits per heavy atom. The van der Waals surface area contributed by atoms with E-state index in [0.717, 1.165) is 26.7 Å². The highest BCUT2D eigenvalue weighted by Crippen LogP contribution is 2.33. The summed E-state index contributed by atoms with van der Waals surface area (Å²) >= 11 is 1.59. The van der Waals surface area contributed by atoms with Crippen LogP contribution in [0.4, 0.5) is 0 Å². The number of hydrogen-bond acceptors (Lipinski definition) is 6. The fourth-order valence-corrected chi connectivity index (χ4v) is 4.38. The summed E-state index contributed by atoms with van der Waals surface area (Å²) in [6.07, 6.45) is 0. The van der Waals surface area contributed by atoms with Gasteiger partial charge >= 0.3 is 0 Å². The first-order valence-corrected chi connectivity index (χ1v) is 10.9. The number of rotatable bonds is 7. The molecule has 2 heterocycles. The number of methoxy groups -OCH3 is 2. The van der Waals surface area contributed by atoms with E-state index in [0.29, 0.717) is 29.4 Å². The summed E-state index contributed by atoms with van der Waals surface area (Å²) in [4.78, 5) is 18.6. The van der Waals surface area contributed by atoms with Crippen LogP contribution in [0.2, 0.25) is 0 Å². The minimum absolute atomic E-state index is 0.206. The van der Waals surface area contributed by atoms with Crippen LogP contribution in [0.1, 0.15) is 21.1 Å². The van der Waals surface area contributed by atoms with Gasteiger partial charge in [-0.3, -0.25) is 9.48 Å². The molecule has 32 heavy (non-hydrogen) atoms. The van der Waals surface area contributed by atoms with Crippen LogP contribution < -0.4 is 14.8 Å². The molecule has 0 aliphatic rings. The summed E-state index contributed by atoms with van der Waals surface area (Å²) in [6.45, 7) is 2.36. The van der Waals surface area contributed by atoms with E-state index in [4.69, 9.17) is 9.47 Å². The van der Waals surface area contributed by atoms with Gasteiger partial charge in [-0.25, -0.2) is 4.98 Å². The number of nitrogens with one attached hydrogen (secondary N) is 1. The molecule has 7 nitrogen and oxygen atoms in total. The average Bonchev–Trinajstić information content (AvgIpc) is 3.40. The maximum atomic E-state index is 12.9. The molecule has 0 saturated carbocycles. The fourth-order valence-electron chi connectivity index (χ4n) is 3.37. The number of nitrogens with zero attached hydrogens (tertiary/aromatic N) is 3. The summed E-state index contributed by atoms with van der Waals surface area (Å²) < 4.78 is 12.3. The molecular weight excluding hydrogens is 424 g/mol. The summed E-state index contributed by atoms with van der Waals surface area (Å²) in [5, 5.41) is 8.45. The summed E-state index contributed by atoms with van der Waals surface area (Å²) in [5.74, 6) is 1.14. The van der Waals surface area contributed by atoms with Crippen molar-refractivity contribution in [1.29, 1.82) is 0 Å². The Morgan fingerprint density at radius 2 is 1.88 bits per heavy atom. The van der Waals surface area contributed by atoms with Crippen LogP contribution in [0.3, 0.4) is 0 Å². The van der Waals surface area contributed by atoms with E-state index in [2.05, 4.69) is 15.4 Å². The molecule has 0 spiro atoms. The number of aromatic nitrogens is 3. The predicted octanol–water partition coefficient (Wildman–Crippen LogP) is 4.47. The van der Waals surface area contributed by atoms with Gasteiger partial charge < -0.3 is 14.8 Å². The first-order valence-electron chi connectivity index (χ1n) is 10.1. The van der Waals surface area contributed by atoms with Crippen molar-refractivity contribution in [3.8, 4) is 33.3 Å². The highest BCUT2D eigenvalue weighted by atomic mass is 32.1. The van der Waals surface area contributed by atoms with Gasteiger partial charge in [-0.2, -0.15) is 5.10 Å². The second-order valence-electron chi connectivity index (χ2n) is 7.18. The molecule has 0 radical (unpaired) electrons. The number of benzene rings is 2. The standard InChI is InChI=1S/C24H24N4O3S/c1-15-22(32-24(26-15)16-8-6-5-7-9-16)14-25-23(29)20-13-19(27-28(20)2)18-12-17(30-3)10-11-21(18)31-4/h5-13H,14H2,1-4H3,(H,25,29). The van der Waals surface area contributed by atoms with Crippen LogP contribution in [0, 0.1) is 6.92 Å². The molecule has 0 aliphatic heterocycles. The maximum absolute atomic E-state index is 12.9. The lowest BCUT2D eigenvalue weighted by molar-refractivity contribution is 0.0942. The molecule has 2 aromatic carbocycles. The Kier molecular flexibility index (Phi) is 6.23. The van der Waals surface area contributed by atoms with Crippen LogP contribution >= 0.6 is 11.3 Å². The lowest BCUT2D eigenvalue weighted by atomic mass is 10.1. The number of thiazole rings is 1. The Bertz CT molecular complexity index is 1250. The molecule has 1 N–H and O–H groups in total. The molecule has 0 atom stereocenters. The van der Waals surface area contributed by atoms with Crippen molar-refractivity contribution < 1.29 is 14.3 Å². The first-order chi connectivity index (χ1) is 15.5. The zero-order valence-corrected chi connectivity index (χ0v) is 19.2. The van der Waals surface area contributed by atoms with Crippen LogP contribution in [0.25, 0.3) is 21.8 Å². The number of amides is 1. The van der Waals surface area contributed by atoms with Crippen molar-refractivity contribution in [2.75, 3.05) is 14.2 Å². The Labute approximate surface area is 190 Å². The minimum atomic E-state index is -0.206. The molecule has 4 aromatic rings. The molecule has 0 fully saturated rings. The zero-order valence-electron chi connectivity index (χ0n) is 18.4. The van der Waals surface area contributed by atoms with Crippen molar-refractivity contribution in [3.05, 3.63) is 70.9 Å². The number of aryl methyl sites for hydroxylation is 2. The Balaban J connectivity index is 1.52. The molecule has 0 unspecified atom stereocenters. The summed E-state index contributed by atoms with van der Waals surface area (Å²) in [5.41, 5.74) is 3.83. The zero-order chi connectivity index (χ0) is 22.7. The van der Waals surface area contributed by atoms with Crippen molar-refractivity contribution in [2.45, 2.75) is 13.5 Å². The van der Waals surface area contributed by atoms with Gasteiger partial charge in [0.1, 0.15) is 22.2 Å². The highest BCUT2D eigenvalue weighted by Gasteiger charge is 2.18. The van der Waals surface area contributed by atoms with Gasteiger partial charge in [0, 0.05) is 23.1 Å². The number of hydrogen-bond donors (Lipinski definition) is 1. The lowest BCUT2D eigenvalue weighted by Crippen LogP contribution is -2.25. The Hall–Kier alpha value is -3.65. The number of ether oxygens (including phenoxy) is 2. The number of carbonyl (C=O) groups is 1. The van der Waals surface area contributed by atoms with E-state index in [1.807, 2.05) is 55.5 Å². The molecule has 8 heteroatoms. The van der Waals surface area contributed by atoms with Crippen molar-refractivity contribution in [3.63, 3.8) is 0 Å². The first kappa shape index (κ1) is 21.6. The molecule has 1 amide bonds. The van der Waals surface area contributed by atoms with Crippen LogP contribution in [-0.2, 0) is 13.6 Å². The maximum Gasteiger partial charge on any atom is 0.269 e. The highest BCUT2D eigenvalue weighted by molar-refractivity contribution is 7.15. The molecule has 4 rings (SSSR count). The summed E-state index contributed by atoms with van der Waals surface area (Å²) in [6, 6.07) is 17.3. The third kappa shape index (κ3) is 4.36. The Morgan fingerprint density at radius 3 is 2.59 bits per heavy atom. The van der Waals surface area contributed by atoms with E-state index in [-0.39, 0.29) is 5.91 Å². The van der Waals surface area contributed by atoms with Crippen molar-refractivity contribution in [2.24, 2.45) is 7.05 Å². The van der Waals surface area contributed by atoms with Gasteiger partial charge in [-0.15, -0.1) is 11.3 Å². The quantitative estimate of drug-likeness (QED) is 0.451. The molecule has 0 aliphatic carbocycles. The van der Waals surface area contributed by atoms with Crippen LogP contribution in [-0.4, -0.2) is 34.9 Å². The van der Waals surface area contributed by atoms with Crippen molar-refractivity contribution >= 4 is 17.2 Å². The largest absolute Gasteiger partial charge is 0.497 e. The normalized spacial score (nSPS) is 10.8. The second-order valence-corrected chi connectivity index (χ2v) is 8.26. The van der Waals surface area contributed by atoms with Crippen molar-refractivity contribution in [1.82, 2.24) is 20.1 Å². The minimum Gasteiger partial charge on any atom is -0.497 e. The second kappa shape index (κ2) is 9.23.